The highest BCUT2D eigenvalue weighted by molar-refractivity contribution is 6.00. The molecule has 1 N–H and O–H groups in total. The minimum absolute atomic E-state index is 0.666. The van der Waals surface area contributed by atoms with Crippen molar-refractivity contribution in [2.24, 2.45) is 5.16 Å². The fraction of sp³-hybridized carbons (Fsp3) is 0.333. The van der Waals surface area contributed by atoms with Gasteiger partial charge in [0.05, 0.1) is 11.4 Å². The van der Waals surface area contributed by atoms with Crippen molar-refractivity contribution in [2.75, 3.05) is 0 Å². The average Bonchev–Trinajstić information content (AvgIpc) is 2.59. The zero-order valence-electron chi connectivity index (χ0n) is 9.73. The van der Waals surface area contributed by atoms with Crippen LogP contribution in [0.5, 0.6) is 0 Å². The number of oxime groups is 1. The number of hydrogen-bond acceptors (Lipinski definition) is 3. The Morgan fingerprint density at radius 3 is 2.81 bits per heavy atom. The SMILES string of the molecule is CCC(=NO)c1c(C)nc2cccc(C)n12. The van der Waals surface area contributed by atoms with Gasteiger partial charge >= 0.3 is 0 Å². The van der Waals surface area contributed by atoms with Crippen LogP contribution in [0, 0.1) is 13.8 Å². The molecule has 2 rings (SSSR count). The summed E-state index contributed by atoms with van der Waals surface area (Å²) < 4.78 is 2.02. The Morgan fingerprint density at radius 1 is 1.44 bits per heavy atom. The van der Waals surface area contributed by atoms with Crippen LogP contribution in [0.3, 0.4) is 0 Å². The maximum atomic E-state index is 9.02. The summed E-state index contributed by atoms with van der Waals surface area (Å²) in [5, 5.41) is 12.4. The summed E-state index contributed by atoms with van der Waals surface area (Å²) >= 11 is 0. The summed E-state index contributed by atoms with van der Waals surface area (Å²) in [4.78, 5) is 4.46. The van der Waals surface area contributed by atoms with Gasteiger partial charge in [0.15, 0.2) is 0 Å². The number of nitrogens with zero attached hydrogens (tertiary/aromatic N) is 3. The Bertz CT molecular complexity index is 555. The number of hydrogen-bond donors (Lipinski definition) is 1. The molecule has 0 aliphatic heterocycles. The third kappa shape index (κ3) is 1.46. The second kappa shape index (κ2) is 3.96. The van der Waals surface area contributed by atoms with Gasteiger partial charge < -0.3 is 5.21 Å². The summed E-state index contributed by atoms with van der Waals surface area (Å²) in [7, 11) is 0. The van der Waals surface area contributed by atoms with Gasteiger partial charge in [0.1, 0.15) is 11.4 Å². The van der Waals surface area contributed by atoms with Gasteiger partial charge in [-0.3, -0.25) is 4.40 Å². The number of rotatable bonds is 2. The van der Waals surface area contributed by atoms with Crippen molar-refractivity contribution in [2.45, 2.75) is 27.2 Å². The third-order valence-electron chi connectivity index (χ3n) is 2.74. The predicted molar refractivity (Wildman–Crippen MR) is 63.3 cm³/mol. The van der Waals surface area contributed by atoms with Crippen LogP contribution in [-0.4, -0.2) is 20.3 Å². The quantitative estimate of drug-likeness (QED) is 0.477. The molecule has 0 radical (unpaired) electrons. The van der Waals surface area contributed by atoms with Crippen molar-refractivity contribution >= 4 is 11.4 Å². The first-order valence-corrected chi connectivity index (χ1v) is 5.35. The lowest BCUT2D eigenvalue weighted by Crippen LogP contribution is -2.07. The molecule has 84 valence electrons. The number of aromatic nitrogens is 2. The van der Waals surface area contributed by atoms with Crippen LogP contribution in [0.25, 0.3) is 5.65 Å². The van der Waals surface area contributed by atoms with E-state index in [4.69, 9.17) is 5.21 Å². The van der Waals surface area contributed by atoms with E-state index in [1.165, 1.54) is 0 Å². The smallest absolute Gasteiger partial charge is 0.137 e. The summed E-state index contributed by atoms with van der Waals surface area (Å²) in [5.41, 5.74) is 4.44. The molecule has 16 heavy (non-hydrogen) atoms. The Hall–Kier alpha value is -1.84. The normalized spacial score (nSPS) is 12.3. The molecule has 4 heteroatoms. The topological polar surface area (TPSA) is 49.9 Å². The molecule has 2 aromatic heterocycles. The highest BCUT2D eigenvalue weighted by Crippen LogP contribution is 2.16. The molecule has 0 saturated heterocycles. The van der Waals surface area contributed by atoms with Gasteiger partial charge in [-0.15, -0.1) is 0 Å². The van der Waals surface area contributed by atoms with E-state index in [9.17, 15) is 0 Å². The highest BCUT2D eigenvalue weighted by atomic mass is 16.4. The summed E-state index contributed by atoms with van der Waals surface area (Å²) in [5.74, 6) is 0. The lowest BCUT2D eigenvalue weighted by molar-refractivity contribution is 0.318. The second-order valence-corrected chi connectivity index (χ2v) is 3.81. The predicted octanol–water partition coefficient (Wildman–Crippen LogP) is 2.54. The molecule has 0 aromatic carbocycles. The third-order valence-corrected chi connectivity index (χ3v) is 2.74. The van der Waals surface area contributed by atoms with Crippen LogP contribution in [0.1, 0.15) is 30.4 Å². The second-order valence-electron chi connectivity index (χ2n) is 3.81. The Kier molecular flexibility index (Phi) is 2.64. The first kappa shape index (κ1) is 10.7. The molecule has 4 nitrogen and oxygen atoms in total. The highest BCUT2D eigenvalue weighted by Gasteiger charge is 2.14. The summed E-state index contributed by atoms with van der Waals surface area (Å²) in [6.45, 7) is 5.91. The maximum absolute atomic E-state index is 9.02. The average molecular weight is 217 g/mol. The van der Waals surface area contributed by atoms with E-state index in [-0.39, 0.29) is 0 Å². The lowest BCUT2D eigenvalue weighted by atomic mass is 10.2. The number of pyridine rings is 1. The van der Waals surface area contributed by atoms with Gasteiger partial charge in [0, 0.05) is 5.69 Å². The standard InChI is InChI=1S/C12H15N3O/c1-4-10(14-16)12-9(3)13-11-7-5-6-8(2)15(11)12/h5-7,16H,4H2,1-3H3. The molecule has 0 spiro atoms. The molecule has 0 saturated carbocycles. The monoisotopic (exact) mass is 217 g/mol. The van der Waals surface area contributed by atoms with Gasteiger partial charge in [0.2, 0.25) is 0 Å². The zero-order valence-corrected chi connectivity index (χ0v) is 9.73. The molecule has 0 fully saturated rings. The van der Waals surface area contributed by atoms with Crippen molar-refractivity contribution in [1.82, 2.24) is 9.38 Å². The molecule has 0 unspecified atom stereocenters. The van der Waals surface area contributed by atoms with Gasteiger partial charge in [-0.2, -0.15) is 0 Å². The van der Waals surface area contributed by atoms with E-state index in [0.29, 0.717) is 12.1 Å². The zero-order chi connectivity index (χ0) is 11.7. The van der Waals surface area contributed by atoms with E-state index >= 15 is 0 Å². The van der Waals surface area contributed by atoms with E-state index < -0.39 is 0 Å². The van der Waals surface area contributed by atoms with Crippen LogP contribution < -0.4 is 0 Å². The van der Waals surface area contributed by atoms with Crippen LogP contribution >= 0.6 is 0 Å². The van der Waals surface area contributed by atoms with Crippen LogP contribution in [0.15, 0.2) is 23.4 Å². The molecular weight excluding hydrogens is 202 g/mol. The van der Waals surface area contributed by atoms with Crippen molar-refractivity contribution in [3.05, 3.63) is 35.3 Å². The molecule has 0 atom stereocenters. The van der Waals surface area contributed by atoms with E-state index in [1.807, 2.05) is 43.4 Å². The van der Waals surface area contributed by atoms with Crippen molar-refractivity contribution in [1.29, 1.82) is 0 Å². The summed E-state index contributed by atoms with van der Waals surface area (Å²) in [6, 6.07) is 5.94. The fourth-order valence-corrected chi connectivity index (χ4v) is 1.99. The minimum atomic E-state index is 0.666. The first-order valence-electron chi connectivity index (χ1n) is 5.35. The van der Waals surface area contributed by atoms with Gasteiger partial charge in [-0.1, -0.05) is 18.1 Å². The molecule has 0 amide bonds. The largest absolute Gasteiger partial charge is 0.411 e. The number of fused-ring (bicyclic) bond motifs is 1. The Morgan fingerprint density at radius 2 is 2.19 bits per heavy atom. The molecule has 0 bridgehead atoms. The number of imidazole rings is 1. The van der Waals surface area contributed by atoms with Crippen molar-refractivity contribution in [3.63, 3.8) is 0 Å². The Balaban J connectivity index is 2.82. The van der Waals surface area contributed by atoms with Crippen molar-refractivity contribution in [3.8, 4) is 0 Å². The maximum Gasteiger partial charge on any atom is 0.137 e. The first-order chi connectivity index (χ1) is 7.69. The molecule has 0 aliphatic rings. The summed E-state index contributed by atoms with van der Waals surface area (Å²) in [6.07, 6.45) is 0.680. The Labute approximate surface area is 94.2 Å². The van der Waals surface area contributed by atoms with Gasteiger partial charge in [0.25, 0.3) is 0 Å². The van der Waals surface area contributed by atoms with Crippen LogP contribution in [0.4, 0.5) is 0 Å². The molecule has 0 aliphatic carbocycles. The van der Waals surface area contributed by atoms with Gasteiger partial charge in [-0.25, -0.2) is 4.98 Å². The van der Waals surface area contributed by atoms with E-state index in [1.54, 1.807) is 0 Å². The number of aryl methyl sites for hydroxylation is 2. The van der Waals surface area contributed by atoms with Crippen LogP contribution in [0.2, 0.25) is 0 Å². The fourth-order valence-electron chi connectivity index (χ4n) is 1.99. The lowest BCUT2D eigenvalue weighted by Gasteiger charge is -2.06. The molecule has 2 heterocycles. The van der Waals surface area contributed by atoms with Gasteiger partial charge in [-0.05, 0) is 32.4 Å². The van der Waals surface area contributed by atoms with E-state index in [2.05, 4.69) is 10.1 Å². The van der Waals surface area contributed by atoms with Crippen LogP contribution in [-0.2, 0) is 0 Å². The van der Waals surface area contributed by atoms with E-state index in [0.717, 1.165) is 22.7 Å². The molecule has 2 aromatic rings. The minimum Gasteiger partial charge on any atom is -0.411 e. The van der Waals surface area contributed by atoms with Crippen molar-refractivity contribution < 1.29 is 5.21 Å². The molecular formula is C12H15N3O.